The first kappa shape index (κ1) is 10.6. The summed E-state index contributed by atoms with van der Waals surface area (Å²) in [5.74, 6) is 0.768. The van der Waals surface area contributed by atoms with Crippen LogP contribution in [0.1, 0.15) is 11.4 Å². The lowest BCUT2D eigenvalue weighted by atomic mass is 10.2. The monoisotopic (exact) mass is 214 g/mol. The van der Waals surface area contributed by atoms with Gasteiger partial charge in [0.15, 0.2) is 0 Å². The van der Waals surface area contributed by atoms with Crippen molar-refractivity contribution in [2.75, 3.05) is 5.32 Å². The van der Waals surface area contributed by atoms with E-state index in [1.54, 1.807) is 12.4 Å². The predicted octanol–water partition coefficient (Wildman–Crippen LogP) is 1.99. The van der Waals surface area contributed by atoms with Gasteiger partial charge in [0.2, 0.25) is 0 Å². The Balaban J connectivity index is 2.11. The topological polar surface area (TPSA) is 63.8 Å². The Hall–Kier alpha value is -1.94. The molecule has 0 saturated heterocycles. The largest absolute Gasteiger partial charge is 0.353 e. The molecule has 0 saturated carbocycles. The number of aromatic nitrogens is 2. The van der Waals surface area contributed by atoms with E-state index in [0.717, 1.165) is 22.8 Å². The van der Waals surface area contributed by atoms with Crippen LogP contribution < -0.4 is 11.1 Å². The second kappa shape index (κ2) is 4.72. The van der Waals surface area contributed by atoms with Gasteiger partial charge < -0.3 is 11.1 Å². The third-order valence-electron chi connectivity index (χ3n) is 2.26. The average molecular weight is 214 g/mol. The summed E-state index contributed by atoms with van der Waals surface area (Å²) >= 11 is 0. The summed E-state index contributed by atoms with van der Waals surface area (Å²) in [4.78, 5) is 8.23. The van der Waals surface area contributed by atoms with E-state index in [4.69, 9.17) is 5.73 Å². The molecule has 2 rings (SSSR count). The number of nitrogens with one attached hydrogen (secondary N) is 1. The number of hydrogen-bond acceptors (Lipinski definition) is 4. The molecule has 0 atom stereocenters. The van der Waals surface area contributed by atoms with Crippen molar-refractivity contribution in [2.24, 2.45) is 5.73 Å². The van der Waals surface area contributed by atoms with Crippen LogP contribution in [-0.4, -0.2) is 9.97 Å². The number of nitrogens with zero attached hydrogens (tertiary/aromatic N) is 2. The van der Waals surface area contributed by atoms with Crippen LogP contribution in [0.5, 0.6) is 0 Å². The van der Waals surface area contributed by atoms with E-state index in [9.17, 15) is 0 Å². The van der Waals surface area contributed by atoms with E-state index in [1.807, 2.05) is 31.2 Å². The zero-order chi connectivity index (χ0) is 11.4. The van der Waals surface area contributed by atoms with Gasteiger partial charge in [-0.05, 0) is 24.6 Å². The summed E-state index contributed by atoms with van der Waals surface area (Å²) in [7, 11) is 0. The maximum absolute atomic E-state index is 5.53. The van der Waals surface area contributed by atoms with Crippen molar-refractivity contribution in [3.05, 3.63) is 48.0 Å². The minimum Gasteiger partial charge on any atom is -0.353 e. The van der Waals surface area contributed by atoms with Crippen molar-refractivity contribution in [2.45, 2.75) is 13.5 Å². The molecule has 1 aromatic heterocycles. The number of nitrogens with two attached hydrogens (primary N) is 1. The molecular formula is C12H14N4. The molecule has 4 heteroatoms. The van der Waals surface area contributed by atoms with Crippen LogP contribution in [0.2, 0.25) is 0 Å². The van der Waals surface area contributed by atoms with Crippen molar-refractivity contribution in [3.8, 4) is 0 Å². The minimum absolute atomic E-state index is 0.563. The van der Waals surface area contributed by atoms with Crippen LogP contribution in [0.4, 0.5) is 11.4 Å². The highest BCUT2D eigenvalue weighted by Crippen LogP contribution is 2.15. The Morgan fingerprint density at radius 2 is 1.69 bits per heavy atom. The highest BCUT2D eigenvalue weighted by atomic mass is 14.9. The molecule has 0 fully saturated rings. The summed E-state index contributed by atoms with van der Waals surface area (Å²) in [5, 5.41) is 3.22. The second-order valence-corrected chi connectivity index (χ2v) is 3.55. The summed E-state index contributed by atoms with van der Waals surface area (Å²) in [6.07, 6.45) is 3.53. The fraction of sp³-hybridized carbons (Fsp3) is 0.167. The summed E-state index contributed by atoms with van der Waals surface area (Å²) in [6, 6.07) is 7.97. The normalized spacial score (nSPS) is 10.1. The molecule has 16 heavy (non-hydrogen) atoms. The number of anilines is 2. The molecule has 3 N–H and O–H groups in total. The third-order valence-corrected chi connectivity index (χ3v) is 2.26. The van der Waals surface area contributed by atoms with E-state index < -0.39 is 0 Å². The fourth-order valence-electron chi connectivity index (χ4n) is 1.35. The summed E-state index contributed by atoms with van der Waals surface area (Å²) < 4.78 is 0. The lowest BCUT2D eigenvalue weighted by Gasteiger charge is -2.06. The van der Waals surface area contributed by atoms with Gasteiger partial charge in [-0.2, -0.15) is 0 Å². The Morgan fingerprint density at radius 3 is 2.25 bits per heavy atom. The summed E-state index contributed by atoms with van der Waals surface area (Å²) in [5.41, 5.74) is 8.53. The van der Waals surface area contributed by atoms with Crippen molar-refractivity contribution < 1.29 is 0 Å². The number of hydrogen-bond donors (Lipinski definition) is 2. The van der Waals surface area contributed by atoms with Gasteiger partial charge in [-0.3, -0.25) is 0 Å². The van der Waals surface area contributed by atoms with E-state index >= 15 is 0 Å². The standard InChI is InChI=1S/C12H14N4/c1-9-14-7-12(8-15-9)16-11-4-2-10(6-13)3-5-11/h2-5,7-8,16H,6,13H2,1H3. The van der Waals surface area contributed by atoms with Crippen LogP contribution in [-0.2, 0) is 6.54 Å². The lowest BCUT2D eigenvalue weighted by molar-refractivity contribution is 1.05. The van der Waals surface area contributed by atoms with Crippen molar-refractivity contribution in [3.63, 3.8) is 0 Å². The molecule has 1 aromatic carbocycles. The van der Waals surface area contributed by atoms with Gasteiger partial charge in [-0.15, -0.1) is 0 Å². The zero-order valence-electron chi connectivity index (χ0n) is 9.14. The van der Waals surface area contributed by atoms with Crippen molar-refractivity contribution in [1.82, 2.24) is 9.97 Å². The molecule has 0 aliphatic carbocycles. The second-order valence-electron chi connectivity index (χ2n) is 3.55. The Bertz CT molecular complexity index is 447. The molecule has 0 spiro atoms. The third kappa shape index (κ3) is 2.55. The smallest absolute Gasteiger partial charge is 0.125 e. The first-order valence-electron chi connectivity index (χ1n) is 5.12. The average Bonchev–Trinajstić information content (AvgIpc) is 2.33. The van der Waals surface area contributed by atoms with Crippen LogP contribution in [0, 0.1) is 6.92 Å². The van der Waals surface area contributed by atoms with E-state index in [0.29, 0.717) is 6.54 Å². The van der Waals surface area contributed by atoms with Gasteiger partial charge in [0, 0.05) is 12.2 Å². The van der Waals surface area contributed by atoms with E-state index in [1.165, 1.54) is 0 Å². The Labute approximate surface area is 94.5 Å². The molecular weight excluding hydrogens is 200 g/mol. The molecule has 1 heterocycles. The highest BCUT2D eigenvalue weighted by Gasteiger charge is 1.96. The molecule has 2 aromatic rings. The zero-order valence-corrected chi connectivity index (χ0v) is 9.14. The van der Waals surface area contributed by atoms with E-state index in [-0.39, 0.29) is 0 Å². The van der Waals surface area contributed by atoms with E-state index in [2.05, 4.69) is 15.3 Å². The molecule has 0 unspecified atom stereocenters. The molecule has 0 aliphatic rings. The first-order valence-corrected chi connectivity index (χ1v) is 5.12. The summed E-state index contributed by atoms with van der Waals surface area (Å²) in [6.45, 7) is 2.42. The lowest BCUT2D eigenvalue weighted by Crippen LogP contribution is -1.97. The molecule has 0 bridgehead atoms. The highest BCUT2D eigenvalue weighted by molar-refractivity contribution is 5.57. The molecule has 0 radical (unpaired) electrons. The van der Waals surface area contributed by atoms with Gasteiger partial charge in [0.25, 0.3) is 0 Å². The SMILES string of the molecule is Cc1ncc(Nc2ccc(CN)cc2)cn1. The van der Waals surface area contributed by atoms with Crippen molar-refractivity contribution in [1.29, 1.82) is 0 Å². The molecule has 0 amide bonds. The minimum atomic E-state index is 0.563. The quantitative estimate of drug-likeness (QED) is 0.820. The van der Waals surface area contributed by atoms with Gasteiger partial charge in [-0.25, -0.2) is 9.97 Å². The molecule has 0 aliphatic heterocycles. The van der Waals surface area contributed by atoms with Crippen molar-refractivity contribution >= 4 is 11.4 Å². The Morgan fingerprint density at radius 1 is 1.06 bits per heavy atom. The maximum Gasteiger partial charge on any atom is 0.125 e. The van der Waals surface area contributed by atoms with Crippen LogP contribution in [0.3, 0.4) is 0 Å². The number of aryl methyl sites for hydroxylation is 1. The number of benzene rings is 1. The first-order chi connectivity index (χ1) is 7.78. The van der Waals surface area contributed by atoms with Crippen LogP contribution in [0.15, 0.2) is 36.7 Å². The Kier molecular flexibility index (Phi) is 3.12. The molecule has 82 valence electrons. The van der Waals surface area contributed by atoms with Crippen LogP contribution >= 0.6 is 0 Å². The molecule has 4 nitrogen and oxygen atoms in total. The van der Waals surface area contributed by atoms with Gasteiger partial charge >= 0.3 is 0 Å². The maximum atomic E-state index is 5.53. The van der Waals surface area contributed by atoms with Gasteiger partial charge in [-0.1, -0.05) is 12.1 Å². The van der Waals surface area contributed by atoms with Gasteiger partial charge in [0.1, 0.15) is 5.82 Å². The predicted molar refractivity (Wildman–Crippen MR) is 64.4 cm³/mol. The van der Waals surface area contributed by atoms with Crippen LogP contribution in [0.25, 0.3) is 0 Å². The fourth-order valence-corrected chi connectivity index (χ4v) is 1.35. The van der Waals surface area contributed by atoms with Gasteiger partial charge in [0.05, 0.1) is 18.1 Å². The number of rotatable bonds is 3.